The molecule has 78 heavy (non-hydrogen) atoms. The van der Waals surface area contributed by atoms with Gasteiger partial charge < -0.3 is 19.1 Å². The number of hydrogen-bond acceptors (Lipinski definition) is 4. The molecule has 1 aliphatic rings. The molecule has 406 valence electrons. The molecular formula is C67H64F5N4OPt-3. The zero-order valence-electron chi connectivity index (χ0n) is 47.5. The maximum Gasteiger partial charge on any atom is 0.200 e. The number of rotatable bonds is 8. The number of ether oxygens (including phenoxy) is 1. The van der Waals surface area contributed by atoms with E-state index in [1.165, 1.54) is 0 Å². The minimum absolute atomic E-state index is 0. The van der Waals surface area contributed by atoms with Crippen LogP contribution in [0.25, 0.3) is 49.9 Å². The smallest absolute Gasteiger partial charge is 0.200 e. The topological polar surface area (TPSA) is 33.5 Å². The molecule has 0 N–H and O–H groups in total. The molecule has 2 aromatic heterocycles. The molecule has 0 spiro atoms. The largest absolute Gasteiger partial charge is 0.509 e. The van der Waals surface area contributed by atoms with Crippen molar-refractivity contribution in [3.05, 3.63) is 197 Å². The van der Waals surface area contributed by atoms with Gasteiger partial charge in [0.25, 0.3) is 0 Å². The molecule has 11 heteroatoms. The first kappa shape index (κ1) is 54.6. The third-order valence-electron chi connectivity index (χ3n) is 14.6. The summed E-state index contributed by atoms with van der Waals surface area (Å²) in [5, 5.41) is 1.98. The number of pyridine rings is 1. The van der Waals surface area contributed by atoms with Crippen molar-refractivity contribution >= 4 is 44.6 Å². The molecule has 0 radical (unpaired) electrons. The van der Waals surface area contributed by atoms with Gasteiger partial charge in [-0.15, -0.1) is 53.6 Å². The Morgan fingerprint density at radius 1 is 0.551 bits per heavy atom. The number of benzene rings is 7. The monoisotopic (exact) mass is 1230 g/mol. The molecule has 0 fully saturated rings. The van der Waals surface area contributed by atoms with Gasteiger partial charge in [0.1, 0.15) is 5.82 Å². The number of fused-ring (bicyclic) bond motifs is 4. The van der Waals surface area contributed by atoms with Crippen LogP contribution >= 0.6 is 0 Å². The number of para-hydroxylation sites is 3. The second-order valence-corrected chi connectivity index (χ2v) is 24.6. The molecule has 0 amide bonds. The Labute approximate surface area is 471 Å². The second-order valence-electron chi connectivity index (χ2n) is 24.6. The molecule has 9 aromatic rings. The summed E-state index contributed by atoms with van der Waals surface area (Å²) >= 11 is 0. The van der Waals surface area contributed by atoms with Crippen molar-refractivity contribution in [3.8, 4) is 39.6 Å². The van der Waals surface area contributed by atoms with E-state index in [0.29, 0.717) is 45.1 Å². The van der Waals surface area contributed by atoms with Gasteiger partial charge in [0.15, 0.2) is 23.3 Å². The van der Waals surface area contributed by atoms with Crippen LogP contribution in [0.2, 0.25) is 0 Å². The molecule has 1 aliphatic heterocycles. The van der Waals surface area contributed by atoms with Crippen LogP contribution in [0.5, 0.6) is 11.5 Å². The molecule has 0 atom stereocenters. The molecule has 0 saturated carbocycles. The first-order valence-corrected chi connectivity index (χ1v) is 26.0. The quantitative estimate of drug-likeness (QED) is 0.0657. The Morgan fingerprint density at radius 2 is 1.10 bits per heavy atom. The number of anilines is 4. The van der Waals surface area contributed by atoms with E-state index in [1.54, 1.807) is 37.5 Å². The average molecular weight is 1230 g/mol. The molecule has 0 saturated heterocycles. The summed E-state index contributed by atoms with van der Waals surface area (Å²) in [7, 11) is 0. The van der Waals surface area contributed by atoms with Gasteiger partial charge in [0, 0.05) is 73.8 Å². The summed E-state index contributed by atoms with van der Waals surface area (Å²) in [6, 6.07) is 43.9. The van der Waals surface area contributed by atoms with Gasteiger partial charge in [-0.3, -0.25) is 0 Å². The van der Waals surface area contributed by atoms with Crippen molar-refractivity contribution in [2.75, 3.05) is 9.80 Å². The van der Waals surface area contributed by atoms with Gasteiger partial charge in [-0.05, 0) is 103 Å². The van der Waals surface area contributed by atoms with E-state index in [-0.39, 0.29) is 54.3 Å². The average Bonchev–Trinajstić information content (AvgIpc) is 4.03. The van der Waals surface area contributed by atoms with Crippen LogP contribution in [0.4, 0.5) is 44.7 Å². The molecule has 0 aliphatic carbocycles. The SMILES string of the molecule is [2H]C(C)(C)c1cc(Oc2[c-]c3c(cc2)c2ccccc2n3-c2cc(C(C)(C)C)ccn2)[c-]c(N2[CH-]N(c3c(-c4cc(C(C)(C)C)cc(C(C)(C)C)c4)cc(C(C)(C)C)cc3-c3c(F)c(F)c(F)c(F)c3F)c3ccccc32)c1.[Pt]. The van der Waals surface area contributed by atoms with E-state index in [0.717, 1.165) is 44.3 Å². The van der Waals surface area contributed by atoms with Crippen LogP contribution in [0, 0.1) is 47.9 Å². The number of nitrogens with zero attached hydrogens (tertiary/aromatic N) is 4. The van der Waals surface area contributed by atoms with Crippen molar-refractivity contribution in [1.82, 2.24) is 9.55 Å². The minimum atomic E-state index is -2.24. The molecule has 3 heterocycles. The van der Waals surface area contributed by atoms with E-state index in [2.05, 4.69) is 103 Å². The summed E-state index contributed by atoms with van der Waals surface area (Å²) < 4.78 is 97.8. The fraction of sp³-hybridized carbons (Fsp3) is 0.284. The van der Waals surface area contributed by atoms with E-state index < -0.39 is 46.0 Å². The Balaban J connectivity index is 0.00000757. The molecule has 10 rings (SSSR count). The van der Waals surface area contributed by atoms with Crippen molar-refractivity contribution < 1.29 is 49.1 Å². The summed E-state index contributed by atoms with van der Waals surface area (Å²) in [6.07, 6.45) is 1.82. The van der Waals surface area contributed by atoms with Gasteiger partial charge in [0.2, 0.25) is 5.82 Å². The Morgan fingerprint density at radius 3 is 1.71 bits per heavy atom. The van der Waals surface area contributed by atoms with Crippen LogP contribution in [0.15, 0.2) is 121 Å². The van der Waals surface area contributed by atoms with Crippen molar-refractivity contribution in [2.45, 2.75) is 124 Å². The number of halogens is 5. The van der Waals surface area contributed by atoms with E-state index in [1.807, 2.05) is 111 Å². The minimum Gasteiger partial charge on any atom is -0.509 e. The Kier molecular flexibility index (Phi) is 14.1. The van der Waals surface area contributed by atoms with Crippen LogP contribution in [0.3, 0.4) is 0 Å². The van der Waals surface area contributed by atoms with Gasteiger partial charge in [-0.1, -0.05) is 151 Å². The Bertz CT molecular complexity index is 3810. The Hall–Kier alpha value is -6.77. The van der Waals surface area contributed by atoms with Crippen LogP contribution in [-0.4, -0.2) is 9.55 Å². The maximum atomic E-state index is 16.7. The number of hydrogen-bond donors (Lipinski definition) is 0. The zero-order chi connectivity index (χ0) is 56.3. The van der Waals surface area contributed by atoms with E-state index in [4.69, 9.17) is 9.72 Å². The first-order valence-electron chi connectivity index (χ1n) is 26.5. The van der Waals surface area contributed by atoms with Crippen LogP contribution in [-0.2, 0) is 42.7 Å². The maximum absolute atomic E-state index is 16.7. The van der Waals surface area contributed by atoms with Crippen LogP contribution in [0.1, 0.15) is 132 Å². The molecule has 5 nitrogen and oxygen atoms in total. The summed E-state index contributed by atoms with van der Waals surface area (Å²) in [5.74, 6) is -9.97. The van der Waals surface area contributed by atoms with Crippen molar-refractivity contribution in [3.63, 3.8) is 0 Å². The summed E-state index contributed by atoms with van der Waals surface area (Å²) in [6.45, 7) is 30.2. The van der Waals surface area contributed by atoms with E-state index >= 15 is 17.6 Å². The third-order valence-corrected chi connectivity index (χ3v) is 14.6. The van der Waals surface area contributed by atoms with Gasteiger partial charge in [-0.2, -0.15) is 6.07 Å². The summed E-state index contributed by atoms with van der Waals surface area (Å²) in [4.78, 5) is 8.42. The second kappa shape index (κ2) is 20.2. The molecular weight excluding hydrogens is 1170 g/mol. The van der Waals surface area contributed by atoms with Crippen LogP contribution < -0.4 is 14.5 Å². The number of aromatic nitrogens is 2. The predicted octanol–water partition coefficient (Wildman–Crippen LogP) is 19.3. The molecule has 7 aromatic carbocycles. The molecule has 0 bridgehead atoms. The fourth-order valence-corrected chi connectivity index (χ4v) is 10.0. The zero-order valence-corrected chi connectivity index (χ0v) is 48.8. The normalized spacial score (nSPS) is 13.6. The van der Waals surface area contributed by atoms with Crippen molar-refractivity contribution in [2.24, 2.45) is 0 Å². The molecule has 0 unspecified atom stereocenters. The summed E-state index contributed by atoms with van der Waals surface area (Å²) in [5.41, 5.74) is 6.22. The van der Waals surface area contributed by atoms with E-state index in [9.17, 15) is 5.76 Å². The standard InChI is InChI=1S/C67H64F5N4O.Pt/c1-38(2)39-29-45(35-47(30-39)77-46-23-24-49-48-19-15-16-20-52(48)76(55(49)36-46)56-34-41(25-26-73-56)64(3,4)5)74-37-75(54-22-18-17-21-53(54)74)63-50(40-27-42(65(6,7)8)31-43(28-40)66(9,10)11)32-44(67(12,13)14)33-51(63)57-58(68)60(70)62(72)61(71)59(57)69;/h15-34,37-38H,1-14H3;/q-3;/i38D;. The fourth-order valence-electron chi connectivity index (χ4n) is 10.0. The van der Waals surface area contributed by atoms with Gasteiger partial charge in [-0.25, -0.2) is 26.9 Å². The third kappa shape index (κ3) is 10.1. The first-order chi connectivity index (χ1) is 36.4. The predicted molar refractivity (Wildman–Crippen MR) is 304 cm³/mol. The van der Waals surface area contributed by atoms with Gasteiger partial charge >= 0.3 is 0 Å². The van der Waals surface area contributed by atoms with Gasteiger partial charge in [0.05, 0.1) is 5.56 Å². The van der Waals surface area contributed by atoms with Crippen molar-refractivity contribution in [1.29, 1.82) is 0 Å².